The minimum absolute atomic E-state index is 0.00434. The van der Waals surface area contributed by atoms with Crippen molar-refractivity contribution >= 4 is 42.8 Å². The van der Waals surface area contributed by atoms with Crippen molar-refractivity contribution in [2.75, 3.05) is 0 Å². The number of rotatable bonds is 4. The lowest BCUT2D eigenvalue weighted by molar-refractivity contribution is -0.118. The third-order valence-electron chi connectivity index (χ3n) is 3.37. The van der Waals surface area contributed by atoms with Crippen LogP contribution >= 0.6 is 15.9 Å². The highest BCUT2D eigenvalue weighted by molar-refractivity contribution is 9.10. The van der Waals surface area contributed by atoms with Crippen molar-refractivity contribution in [3.8, 4) is 0 Å². The molecular formula is C16H13BrN2O3S. The Morgan fingerprint density at radius 1 is 1.09 bits per heavy atom. The number of amides is 1. The molecule has 7 heteroatoms. The molecule has 0 aliphatic carbocycles. The molecule has 0 unspecified atom stereocenters. The molecule has 2 N–H and O–H groups in total. The second-order valence-corrected chi connectivity index (χ2v) is 7.59. The van der Waals surface area contributed by atoms with E-state index in [-0.39, 0.29) is 11.3 Å². The number of nitrogens with one attached hydrogen (secondary N) is 2. The molecule has 0 radical (unpaired) electrons. The number of aromatic nitrogens is 1. The van der Waals surface area contributed by atoms with E-state index in [0.717, 1.165) is 10.0 Å². The Balaban J connectivity index is 1.82. The minimum atomic E-state index is -3.91. The third-order valence-corrected chi connectivity index (χ3v) is 5.33. The van der Waals surface area contributed by atoms with Crippen molar-refractivity contribution in [3.05, 3.63) is 64.8 Å². The molecule has 0 aliphatic rings. The fraction of sp³-hybridized carbons (Fsp3) is 0.0625. The fourth-order valence-electron chi connectivity index (χ4n) is 2.32. The molecule has 3 rings (SSSR count). The second-order valence-electron chi connectivity index (χ2n) is 5.03. The number of halogens is 1. The van der Waals surface area contributed by atoms with Gasteiger partial charge >= 0.3 is 0 Å². The molecule has 1 aromatic heterocycles. The van der Waals surface area contributed by atoms with Gasteiger partial charge in [-0.05, 0) is 35.9 Å². The molecule has 1 heterocycles. The Labute approximate surface area is 141 Å². The van der Waals surface area contributed by atoms with Gasteiger partial charge in [-0.3, -0.25) is 4.79 Å². The molecule has 0 spiro atoms. The van der Waals surface area contributed by atoms with E-state index in [2.05, 4.69) is 25.6 Å². The van der Waals surface area contributed by atoms with Crippen molar-refractivity contribution in [2.24, 2.45) is 0 Å². The molecule has 3 aromatic rings. The number of hydrogen-bond donors (Lipinski definition) is 2. The SMILES string of the molecule is O=C(Cc1ccc(Br)cc1)NS(=O)(=O)c1cccc2[nH]ccc12. The molecular weight excluding hydrogens is 380 g/mol. The summed E-state index contributed by atoms with van der Waals surface area (Å²) in [7, 11) is -3.91. The summed E-state index contributed by atoms with van der Waals surface area (Å²) in [5.41, 5.74) is 1.44. The van der Waals surface area contributed by atoms with E-state index in [9.17, 15) is 13.2 Å². The molecule has 0 fully saturated rings. The van der Waals surface area contributed by atoms with E-state index < -0.39 is 15.9 Å². The lowest BCUT2D eigenvalue weighted by Gasteiger charge is -2.08. The van der Waals surface area contributed by atoms with Gasteiger partial charge < -0.3 is 4.98 Å². The van der Waals surface area contributed by atoms with Crippen LogP contribution in [-0.2, 0) is 21.2 Å². The van der Waals surface area contributed by atoms with Gasteiger partial charge in [0.15, 0.2) is 0 Å². The van der Waals surface area contributed by atoms with E-state index in [1.807, 2.05) is 0 Å². The third kappa shape index (κ3) is 3.46. The van der Waals surface area contributed by atoms with Crippen LogP contribution in [0.5, 0.6) is 0 Å². The maximum atomic E-state index is 12.4. The maximum Gasteiger partial charge on any atom is 0.264 e. The van der Waals surface area contributed by atoms with Crippen LogP contribution in [0.4, 0.5) is 0 Å². The van der Waals surface area contributed by atoms with Crippen LogP contribution in [0.1, 0.15) is 5.56 Å². The number of sulfonamides is 1. The molecule has 5 nitrogen and oxygen atoms in total. The number of fused-ring (bicyclic) bond motifs is 1. The van der Waals surface area contributed by atoms with Crippen LogP contribution in [-0.4, -0.2) is 19.3 Å². The topological polar surface area (TPSA) is 79.0 Å². The van der Waals surface area contributed by atoms with E-state index in [4.69, 9.17) is 0 Å². The van der Waals surface area contributed by atoms with Crippen molar-refractivity contribution in [3.63, 3.8) is 0 Å². The predicted molar refractivity (Wildman–Crippen MR) is 91.5 cm³/mol. The van der Waals surface area contributed by atoms with E-state index in [1.54, 1.807) is 48.7 Å². The first-order valence-electron chi connectivity index (χ1n) is 6.82. The zero-order valence-electron chi connectivity index (χ0n) is 11.9. The quantitative estimate of drug-likeness (QED) is 0.716. The highest BCUT2D eigenvalue weighted by atomic mass is 79.9. The van der Waals surface area contributed by atoms with E-state index in [1.165, 1.54) is 6.07 Å². The molecule has 1 amide bonds. The first kappa shape index (κ1) is 15.8. The number of benzene rings is 2. The highest BCUT2D eigenvalue weighted by Crippen LogP contribution is 2.21. The van der Waals surface area contributed by atoms with Crippen molar-refractivity contribution < 1.29 is 13.2 Å². The second kappa shape index (κ2) is 6.17. The Bertz CT molecular complexity index is 962. The minimum Gasteiger partial charge on any atom is -0.361 e. The number of aromatic amines is 1. The largest absolute Gasteiger partial charge is 0.361 e. The van der Waals surface area contributed by atoms with Gasteiger partial charge in [-0.15, -0.1) is 0 Å². The summed E-state index contributed by atoms with van der Waals surface area (Å²) >= 11 is 3.31. The van der Waals surface area contributed by atoms with Crippen LogP contribution < -0.4 is 4.72 Å². The van der Waals surface area contributed by atoms with Gasteiger partial charge in [0.1, 0.15) is 0 Å². The molecule has 0 saturated heterocycles. The molecule has 23 heavy (non-hydrogen) atoms. The van der Waals surface area contributed by atoms with Crippen molar-refractivity contribution in [2.45, 2.75) is 11.3 Å². The Kier molecular flexibility index (Phi) is 4.23. The summed E-state index contributed by atoms with van der Waals surface area (Å²) in [6, 6.07) is 13.7. The van der Waals surface area contributed by atoms with Gasteiger partial charge in [0.05, 0.1) is 11.3 Å². The van der Waals surface area contributed by atoms with Gasteiger partial charge in [-0.2, -0.15) is 0 Å². The zero-order valence-corrected chi connectivity index (χ0v) is 14.3. The monoisotopic (exact) mass is 392 g/mol. The normalized spacial score (nSPS) is 11.5. The fourth-order valence-corrected chi connectivity index (χ4v) is 3.79. The van der Waals surface area contributed by atoms with Gasteiger partial charge in [0.25, 0.3) is 10.0 Å². The predicted octanol–water partition coefficient (Wildman–Crippen LogP) is 2.98. The van der Waals surface area contributed by atoms with Crippen LogP contribution in [0.3, 0.4) is 0 Å². The van der Waals surface area contributed by atoms with Gasteiger partial charge in [0, 0.05) is 21.6 Å². The zero-order chi connectivity index (χ0) is 16.4. The van der Waals surface area contributed by atoms with E-state index >= 15 is 0 Å². The number of hydrogen-bond acceptors (Lipinski definition) is 3. The van der Waals surface area contributed by atoms with Crippen molar-refractivity contribution in [1.82, 2.24) is 9.71 Å². The van der Waals surface area contributed by atoms with Crippen LogP contribution in [0.25, 0.3) is 10.9 Å². The summed E-state index contributed by atoms with van der Waals surface area (Å²) in [6.07, 6.45) is 1.66. The highest BCUT2D eigenvalue weighted by Gasteiger charge is 2.20. The Hall–Kier alpha value is -2.12. The molecule has 0 saturated carbocycles. The van der Waals surface area contributed by atoms with Gasteiger partial charge in [0.2, 0.25) is 5.91 Å². The van der Waals surface area contributed by atoms with Crippen LogP contribution in [0.15, 0.2) is 64.1 Å². The van der Waals surface area contributed by atoms with Crippen LogP contribution in [0.2, 0.25) is 0 Å². The summed E-state index contributed by atoms with van der Waals surface area (Å²) in [5, 5.41) is 0.552. The standard InChI is InChI=1S/C16H13BrN2O3S/c17-12-6-4-11(5-7-12)10-16(20)19-23(21,22)15-3-1-2-14-13(15)8-9-18-14/h1-9,18H,10H2,(H,19,20). The Morgan fingerprint density at radius 3 is 2.57 bits per heavy atom. The number of H-pyrrole nitrogens is 1. The first-order chi connectivity index (χ1) is 11.0. The van der Waals surface area contributed by atoms with Crippen LogP contribution in [0, 0.1) is 0 Å². The molecule has 0 bridgehead atoms. The lowest BCUT2D eigenvalue weighted by Crippen LogP contribution is -2.31. The summed E-state index contributed by atoms with van der Waals surface area (Å²) in [4.78, 5) is 15.1. The smallest absolute Gasteiger partial charge is 0.264 e. The van der Waals surface area contributed by atoms with Gasteiger partial charge in [-0.1, -0.05) is 34.1 Å². The first-order valence-corrected chi connectivity index (χ1v) is 9.09. The van der Waals surface area contributed by atoms with Gasteiger partial charge in [-0.25, -0.2) is 13.1 Å². The molecule has 0 aliphatic heterocycles. The summed E-state index contributed by atoms with van der Waals surface area (Å²) < 4.78 is 27.9. The van der Waals surface area contributed by atoms with E-state index in [0.29, 0.717) is 10.9 Å². The number of carbonyl (C=O) groups excluding carboxylic acids is 1. The Morgan fingerprint density at radius 2 is 1.83 bits per heavy atom. The lowest BCUT2D eigenvalue weighted by atomic mass is 10.1. The average molecular weight is 393 g/mol. The average Bonchev–Trinajstić information content (AvgIpc) is 2.97. The molecule has 0 atom stereocenters. The summed E-state index contributed by atoms with van der Waals surface area (Å²) in [6.45, 7) is 0. The van der Waals surface area contributed by atoms with Crippen molar-refractivity contribution in [1.29, 1.82) is 0 Å². The summed E-state index contributed by atoms with van der Waals surface area (Å²) in [5.74, 6) is -0.570. The molecule has 2 aromatic carbocycles. The molecule has 118 valence electrons. The maximum absolute atomic E-state index is 12.4. The number of carbonyl (C=O) groups is 1.